The van der Waals surface area contributed by atoms with Gasteiger partial charge in [0.25, 0.3) is 5.91 Å². The SMILES string of the molecule is O=C(NC(CCO)c1ccccc1)c1ccc(N2CCCCC2)cc1. The molecule has 1 heterocycles. The van der Waals surface area contributed by atoms with Gasteiger partial charge in [-0.15, -0.1) is 0 Å². The summed E-state index contributed by atoms with van der Waals surface area (Å²) >= 11 is 0. The van der Waals surface area contributed by atoms with Crippen LogP contribution >= 0.6 is 0 Å². The number of rotatable bonds is 6. The molecule has 1 aliphatic heterocycles. The quantitative estimate of drug-likeness (QED) is 0.847. The number of aliphatic hydroxyl groups excluding tert-OH is 1. The van der Waals surface area contributed by atoms with Crippen molar-refractivity contribution in [3.63, 3.8) is 0 Å². The average molecular weight is 338 g/mol. The van der Waals surface area contributed by atoms with Crippen LogP contribution in [0.2, 0.25) is 0 Å². The third-order valence-corrected chi connectivity index (χ3v) is 4.78. The molecule has 3 rings (SSSR count). The first-order chi connectivity index (χ1) is 12.3. The molecule has 4 nitrogen and oxygen atoms in total. The molecule has 2 aromatic carbocycles. The molecule has 2 aromatic rings. The minimum Gasteiger partial charge on any atom is -0.396 e. The molecule has 1 saturated heterocycles. The normalized spacial score (nSPS) is 15.6. The zero-order valence-electron chi connectivity index (χ0n) is 14.5. The number of carbonyl (C=O) groups excluding carboxylic acids is 1. The molecule has 0 bridgehead atoms. The van der Waals surface area contributed by atoms with Crippen LogP contribution in [0.5, 0.6) is 0 Å². The fraction of sp³-hybridized carbons (Fsp3) is 0.381. The van der Waals surface area contributed by atoms with Crippen molar-refractivity contribution in [2.75, 3.05) is 24.6 Å². The van der Waals surface area contributed by atoms with E-state index in [1.165, 1.54) is 24.9 Å². The number of nitrogens with zero attached hydrogens (tertiary/aromatic N) is 1. The Kier molecular flexibility index (Phi) is 6.07. The second-order valence-corrected chi connectivity index (χ2v) is 6.54. The van der Waals surface area contributed by atoms with E-state index in [0.717, 1.165) is 18.7 Å². The Hall–Kier alpha value is -2.33. The molecule has 25 heavy (non-hydrogen) atoms. The van der Waals surface area contributed by atoms with Crippen molar-refractivity contribution in [1.29, 1.82) is 0 Å². The van der Waals surface area contributed by atoms with E-state index in [4.69, 9.17) is 0 Å². The number of hydrogen-bond acceptors (Lipinski definition) is 3. The highest BCUT2D eigenvalue weighted by Gasteiger charge is 2.16. The average Bonchev–Trinajstić information content (AvgIpc) is 2.69. The van der Waals surface area contributed by atoms with Gasteiger partial charge >= 0.3 is 0 Å². The molecule has 0 saturated carbocycles. The van der Waals surface area contributed by atoms with Gasteiger partial charge in [-0.05, 0) is 55.5 Å². The Morgan fingerprint density at radius 2 is 1.68 bits per heavy atom. The second-order valence-electron chi connectivity index (χ2n) is 6.54. The Balaban J connectivity index is 1.67. The Bertz CT molecular complexity index is 664. The van der Waals surface area contributed by atoms with Crippen LogP contribution < -0.4 is 10.2 Å². The lowest BCUT2D eigenvalue weighted by atomic mass is 10.0. The smallest absolute Gasteiger partial charge is 0.251 e. The van der Waals surface area contributed by atoms with Crippen LogP contribution in [0.25, 0.3) is 0 Å². The maximum absolute atomic E-state index is 12.6. The standard InChI is InChI=1S/C21H26N2O2/c24-16-13-20(17-7-3-1-4-8-17)22-21(25)18-9-11-19(12-10-18)23-14-5-2-6-15-23/h1,3-4,7-12,20,24H,2,5-6,13-16H2,(H,22,25). The van der Waals surface area contributed by atoms with Crippen molar-refractivity contribution in [3.05, 3.63) is 65.7 Å². The van der Waals surface area contributed by atoms with Crippen molar-refractivity contribution in [2.45, 2.75) is 31.7 Å². The maximum Gasteiger partial charge on any atom is 0.251 e. The Labute approximate surface area is 149 Å². The number of hydrogen-bond donors (Lipinski definition) is 2. The summed E-state index contributed by atoms with van der Waals surface area (Å²) in [5.41, 5.74) is 2.85. The molecule has 0 aliphatic carbocycles. The third-order valence-electron chi connectivity index (χ3n) is 4.78. The molecule has 4 heteroatoms. The van der Waals surface area contributed by atoms with Crippen LogP contribution in [-0.4, -0.2) is 30.7 Å². The summed E-state index contributed by atoms with van der Waals surface area (Å²) in [7, 11) is 0. The molecular formula is C21H26N2O2. The predicted octanol–water partition coefficient (Wildman–Crippen LogP) is 3.53. The number of amides is 1. The number of nitrogens with one attached hydrogen (secondary N) is 1. The summed E-state index contributed by atoms with van der Waals surface area (Å²) in [5, 5.41) is 12.3. The molecule has 132 valence electrons. The molecular weight excluding hydrogens is 312 g/mol. The largest absolute Gasteiger partial charge is 0.396 e. The molecule has 0 radical (unpaired) electrons. The van der Waals surface area contributed by atoms with Crippen LogP contribution in [0.1, 0.15) is 47.6 Å². The van der Waals surface area contributed by atoms with Gasteiger partial charge in [0.2, 0.25) is 0 Å². The highest BCUT2D eigenvalue weighted by Crippen LogP contribution is 2.21. The van der Waals surface area contributed by atoms with E-state index in [9.17, 15) is 9.90 Å². The topological polar surface area (TPSA) is 52.6 Å². The zero-order valence-corrected chi connectivity index (χ0v) is 14.5. The van der Waals surface area contributed by atoms with Crippen molar-refractivity contribution in [2.24, 2.45) is 0 Å². The van der Waals surface area contributed by atoms with Crippen molar-refractivity contribution in [3.8, 4) is 0 Å². The van der Waals surface area contributed by atoms with Crippen molar-refractivity contribution >= 4 is 11.6 Å². The summed E-state index contributed by atoms with van der Waals surface area (Å²) in [5.74, 6) is -0.104. The number of piperidine rings is 1. The highest BCUT2D eigenvalue weighted by molar-refractivity contribution is 5.94. The minimum absolute atomic E-state index is 0.0355. The molecule has 2 N–H and O–H groups in total. The summed E-state index contributed by atoms with van der Waals surface area (Å²) in [4.78, 5) is 15.0. The van der Waals surface area contributed by atoms with Gasteiger partial charge in [0, 0.05) is 30.9 Å². The number of anilines is 1. The molecule has 1 fully saturated rings. The number of carbonyl (C=O) groups is 1. The van der Waals surface area contributed by atoms with Gasteiger partial charge in [-0.2, -0.15) is 0 Å². The number of benzene rings is 2. The van der Waals surface area contributed by atoms with Gasteiger partial charge in [0.05, 0.1) is 6.04 Å². The monoisotopic (exact) mass is 338 g/mol. The van der Waals surface area contributed by atoms with E-state index in [0.29, 0.717) is 12.0 Å². The van der Waals surface area contributed by atoms with E-state index in [1.54, 1.807) is 0 Å². The van der Waals surface area contributed by atoms with Crippen LogP contribution in [0, 0.1) is 0 Å². The van der Waals surface area contributed by atoms with Gasteiger partial charge in [-0.25, -0.2) is 0 Å². The molecule has 0 spiro atoms. The molecule has 0 aromatic heterocycles. The molecule has 1 unspecified atom stereocenters. The first kappa shape index (κ1) is 17.5. The van der Waals surface area contributed by atoms with Crippen LogP contribution in [0.3, 0.4) is 0 Å². The van der Waals surface area contributed by atoms with Crippen LogP contribution in [0.15, 0.2) is 54.6 Å². The van der Waals surface area contributed by atoms with Crippen molar-refractivity contribution < 1.29 is 9.90 Å². The summed E-state index contributed by atoms with van der Waals surface area (Å²) in [6.07, 6.45) is 4.29. The minimum atomic E-state index is -0.180. The fourth-order valence-corrected chi connectivity index (χ4v) is 3.35. The highest BCUT2D eigenvalue weighted by atomic mass is 16.3. The van der Waals surface area contributed by atoms with Crippen molar-refractivity contribution in [1.82, 2.24) is 5.32 Å². The maximum atomic E-state index is 12.6. The number of aliphatic hydroxyl groups is 1. The van der Waals surface area contributed by atoms with E-state index >= 15 is 0 Å². The summed E-state index contributed by atoms with van der Waals surface area (Å²) < 4.78 is 0. The fourth-order valence-electron chi connectivity index (χ4n) is 3.35. The van der Waals surface area contributed by atoms with Gasteiger partial charge in [0.1, 0.15) is 0 Å². The van der Waals surface area contributed by atoms with E-state index in [1.807, 2.05) is 54.6 Å². The summed E-state index contributed by atoms with van der Waals surface area (Å²) in [6.45, 7) is 2.23. The summed E-state index contributed by atoms with van der Waals surface area (Å²) in [6, 6.07) is 17.4. The van der Waals surface area contributed by atoms with Gasteiger partial charge in [-0.1, -0.05) is 30.3 Å². The first-order valence-corrected chi connectivity index (χ1v) is 9.09. The van der Waals surface area contributed by atoms with Gasteiger partial charge < -0.3 is 15.3 Å². The first-order valence-electron chi connectivity index (χ1n) is 9.09. The lowest BCUT2D eigenvalue weighted by Gasteiger charge is -2.28. The van der Waals surface area contributed by atoms with E-state index in [-0.39, 0.29) is 18.6 Å². The third kappa shape index (κ3) is 4.60. The molecule has 1 atom stereocenters. The zero-order chi connectivity index (χ0) is 17.5. The molecule has 1 amide bonds. The second kappa shape index (κ2) is 8.67. The predicted molar refractivity (Wildman–Crippen MR) is 101 cm³/mol. The van der Waals surface area contributed by atoms with Crippen LogP contribution in [0.4, 0.5) is 5.69 Å². The van der Waals surface area contributed by atoms with E-state index < -0.39 is 0 Å². The lowest BCUT2D eigenvalue weighted by molar-refractivity contribution is 0.0930. The Morgan fingerprint density at radius 3 is 2.32 bits per heavy atom. The van der Waals surface area contributed by atoms with Gasteiger partial charge in [-0.3, -0.25) is 4.79 Å². The van der Waals surface area contributed by atoms with E-state index in [2.05, 4.69) is 10.2 Å². The van der Waals surface area contributed by atoms with Crippen LogP contribution in [-0.2, 0) is 0 Å². The lowest BCUT2D eigenvalue weighted by Crippen LogP contribution is -2.30. The molecule has 1 aliphatic rings. The van der Waals surface area contributed by atoms with Gasteiger partial charge in [0.15, 0.2) is 0 Å². The Morgan fingerprint density at radius 1 is 1.00 bits per heavy atom.